The Morgan fingerprint density at radius 1 is 1.05 bits per heavy atom. The zero-order valence-corrected chi connectivity index (χ0v) is 13.4. The largest absolute Gasteiger partial charge is 0.489 e. The molecule has 0 saturated carbocycles. The van der Waals surface area contributed by atoms with Gasteiger partial charge in [0.15, 0.2) is 0 Å². The summed E-state index contributed by atoms with van der Waals surface area (Å²) in [4.78, 5) is 0. The van der Waals surface area contributed by atoms with Gasteiger partial charge in [-0.05, 0) is 62.4 Å². The molecule has 0 fully saturated rings. The van der Waals surface area contributed by atoms with Crippen molar-refractivity contribution in [2.24, 2.45) is 5.73 Å². The molecule has 2 nitrogen and oxygen atoms in total. The Kier molecular flexibility index (Phi) is 5.03. The highest BCUT2D eigenvalue weighted by atomic mass is 16.5. The molecule has 2 aromatic carbocycles. The summed E-state index contributed by atoms with van der Waals surface area (Å²) in [5, 5.41) is 0. The van der Waals surface area contributed by atoms with Crippen LogP contribution < -0.4 is 10.5 Å². The van der Waals surface area contributed by atoms with E-state index in [0.717, 1.165) is 12.2 Å². The first-order valence-electron chi connectivity index (χ1n) is 7.50. The first kappa shape index (κ1) is 15.6. The zero-order chi connectivity index (χ0) is 15.4. The molecule has 0 saturated heterocycles. The Balaban J connectivity index is 2.17. The van der Waals surface area contributed by atoms with Gasteiger partial charge in [-0.1, -0.05) is 35.9 Å². The van der Waals surface area contributed by atoms with Crippen molar-refractivity contribution in [2.75, 3.05) is 0 Å². The second-order valence-electron chi connectivity index (χ2n) is 5.96. The minimum Gasteiger partial charge on any atom is -0.489 e. The van der Waals surface area contributed by atoms with Gasteiger partial charge in [-0.15, -0.1) is 0 Å². The lowest BCUT2D eigenvalue weighted by atomic mass is 10.0. The van der Waals surface area contributed by atoms with Gasteiger partial charge in [0.25, 0.3) is 0 Å². The summed E-state index contributed by atoms with van der Waals surface area (Å²) < 4.78 is 6.07. The summed E-state index contributed by atoms with van der Waals surface area (Å²) >= 11 is 0. The molecule has 112 valence electrons. The van der Waals surface area contributed by atoms with Crippen LogP contribution in [0.4, 0.5) is 0 Å². The van der Waals surface area contributed by atoms with Crippen molar-refractivity contribution >= 4 is 0 Å². The fraction of sp³-hybridized carbons (Fsp3) is 0.368. The average molecular weight is 283 g/mol. The minimum atomic E-state index is 0.137. The van der Waals surface area contributed by atoms with E-state index < -0.39 is 0 Å². The van der Waals surface area contributed by atoms with Crippen molar-refractivity contribution in [1.82, 2.24) is 0 Å². The normalized spacial score (nSPS) is 12.2. The van der Waals surface area contributed by atoms with Gasteiger partial charge in [-0.25, -0.2) is 0 Å². The number of para-hydroxylation sites is 1. The van der Waals surface area contributed by atoms with Crippen LogP contribution in [0.5, 0.6) is 5.75 Å². The van der Waals surface area contributed by atoms with Gasteiger partial charge >= 0.3 is 0 Å². The van der Waals surface area contributed by atoms with E-state index in [1.807, 2.05) is 25.1 Å². The number of rotatable bonds is 5. The fourth-order valence-electron chi connectivity index (χ4n) is 2.75. The fourth-order valence-corrected chi connectivity index (χ4v) is 2.75. The Hall–Kier alpha value is -1.80. The Morgan fingerprint density at radius 2 is 1.67 bits per heavy atom. The maximum absolute atomic E-state index is 6.07. The third-order valence-electron chi connectivity index (χ3n) is 3.73. The maximum Gasteiger partial charge on any atom is 0.123 e. The first-order chi connectivity index (χ1) is 9.97. The summed E-state index contributed by atoms with van der Waals surface area (Å²) in [5.74, 6) is 0.939. The van der Waals surface area contributed by atoms with Crippen LogP contribution in [0, 0.1) is 20.8 Å². The predicted octanol–water partition coefficient (Wildman–Crippen LogP) is 4.08. The topological polar surface area (TPSA) is 35.2 Å². The van der Waals surface area contributed by atoms with Gasteiger partial charge in [0.2, 0.25) is 0 Å². The quantitative estimate of drug-likeness (QED) is 0.897. The molecule has 0 radical (unpaired) electrons. The van der Waals surface area contributed by atoms with Gasteiger partial charge in [0.1, 0.15) is 12.4 Å². The Morgan fingerprint density at radius 3 is 2.29 bits per heavy atom. The van der Waals surface area contributed by atoms with Crippen molar-refractivity contribution < 1.29 is 4.74 Å². The van der Waals surface area contributed by atoms with E-state index >= 15 is 0 Å². The molecule has 0 aliphatic heterocycles. The summed E-state index contributed by atoms with van der Waals surface area (Å²) in [6.45, 7) is 9.04. The van der Waals surface area contributed by atoms with E-state index in [2.05, 4.69) is 39.0 Å². The summed E-state index contributed by atoms with van der Waals surface area (Å²) in [7, 11) is 0. The van der Waals surface area contributed by atoms with Crippen LogP contribution in [0.2, 0.25) is 0 Å². The number of hydrogen-bond donors (Lipinski definition) is 1. The molecular formula is C19H25NO. The Bertz CT molecular complexity index is 594. The van der Waals surface area contributed by atoms with E-state index in [1.165, 1.54) is 27.8 Å². The lowest BCUT2D eigenvalue weighted by Crippen LogP contribution is -2.18. The van der Waals surface area contributed by atoms with Crippen molar-refractivity contribution in [3.63, 3.8) is 0 Å². The molecule has 0 aromatic heterocycles. The molecule has 2 heteroatoms. The van der Waals surface area contributed by atoms with Crippen LogP contribution in [-0.4, -0.2) is 6.04 Å². The third-order valence-corrected chi connectivity index (χ3v) is 3.73. The molecule has 2 aromatic rings. The molecule has 0 heterocycles. The Labute approximate surface area is 127 Å². The van der Waals surface area contributed by atoms with Gasteiger partial charge in [0.05, 0.1) is 0 Å². The second kappa shape index (κ2) is 6.77. The van der Waals surface area contributed by atoms with Crippen LogP contribution >= 0.6 is 0 Å². The summed E-state index contributed by atoms with van der Waals surface area (Å²) in [6, 6.07) is 12.7. The zero-order valence-electron chi connectivity index (χ0n) is 13.4. The molecule has 0 aliphatic rings. The van der Waals surface area contributed by atoms with E-state index in [-0.39, 0.29) is 6.04 Å². The molecule has 2 N–H and O–H groups in total. The van der Waals surface area contributed by atoms with Gasteiger partial charge in [0, 0.05) is 6.04 Å². The molecule has 2 rings (SSSR count). The van der Waals surface area contributed by atoms with Crippen molar-refractivity contribution in [3.05, 3.63) is 64.2 Å². The van der Waals surface area contributed by atoms with Gasteiger partial charge in [-0.3, -0.25) is 0 Å². The third kappa shape index (κ3) is 4.08. The standard InChI is InChI=1S/C19H25NO/c1-13-9-14(2)18(15(3)10-13)12-21-19-8-6-5-7-17(19)11-16(4)20/h5-10,16H,11-12,20H2,1-4H3. The van der Waals surface area contributed by atoms with Crippen LogP contribution in [0.25, 0.3) is 0 Å². The maximum atomic E-state index is 6.07. The van der Waals surface area contributed by atoms with Crippen molar-refractivity contribution in [3.8, 4) is 5.75 Å². The molecule has 0 bridgehead atoms. The second-order valence-corrected chi connectivity index (χ2v) is 5.96. The van der Waals surface area contributed by atoms with E-state index in [1.54, 1.807) is 0 Å². The lowest BCUT2D eigenvalue weighted by Gasteiger charge is -2.16. The average Bonchev–Trinajstić information content (AvgIpc) is 2.38. The number of hydrogen-bond acceptors (Lipinski definition) is 2. The smallest absolute Gasteiger partial charge is 0.123 e. The number of ether oxygens (including phenoxy) is 1. The predicted molar refractivity (Wildman–Crippen MR) is 88.8 cm³/mol. The highest BCUT2D eigenvalue weighted by Gasteiger charge is 2.08. The van der Waals surface area contributed by atoms with Crippen molar-refractivity contribution in [1.29, 1.82) is 0 Å². The molecule has 0 spiro atoms. The van der Waals surface area contributed by atoms with Crippen molar-refractivity contribution in [2.45, 2.75) is 46.8 Å². The summed E-state index contributed by atoms with van der Waals surface area (Å²) in [5.41, 5.74) is 12.2. The molecular weight excluding hydrogens is 258 g/mol. The highest BCUT2D eigenvalue weighted by Crippen LogP contribution is 2.23. The van der Waals surface area contributed by atoms with Crippen LogP contribution in [0.3, 0.4) is 0 Å². The molecule has 21 heavy (non-hydrogen) atoms. The molecule has 1 atom stereocenters. The SMILES string of the molecule is Cc1cc(C)c(COc2ccccc2CC(C)N)c(C)c1. The highest BCUT2D eigenvalue weighted by molar-refractivity contribution is 5.38. The lowest BCUT2D eigenvalue weighted by molar-refractivity contribution is 0.301. The van der Waals surface area contributed by atoms with E-state index in [9.17, 15) is 0 Å². The monoisotopic (exact) mass is 283 g/mol. The first-order valence-corrected chi connectivity index (χ1v) is 7.50. The number of benzene rings is 2. The summed E-state index contributed by atoms with van der Waals surface area (Å²) in [6.07, 6.45) is 0.835. The number of aryl methyl sites for hydroxylation is 3. The number of nitrogens with two attached hydrogens (primary N) is 1. The van der Waals surface area contributed by atoms with Gasteiger partial charge in [-0.2, -0.15) is 0 Å². The molecule has 0 aliphatic carbocycles. The molecule has 1 unspecified atom stereocenters. The van der Waals surface area contributed by atoms with Crippen LogP contribution in [0.1, 0.15) is 34.7 Å². The van der Waals surface area contributed by atoms with E-state index in [4.69, 9.17) is 10.5 Å². The van der Waals surface area contributed by atoms with E-state index in [0.29, 0.717) is 6.61 Å². The minimum absolute atomic E-state index is 0.137. The van der Waals surface area contributed by atoms with Gasteiger partial charge < -0.3 is 10.5 Å². The molecule has 0 amide bonds. The van der Waals surface area contributed by atoms with Crippen LogP contribution in [-0.2, 0) is 13.0 Å². The van der Waals surface area contributed by atoms with Crippen LogP contribution in [0.15, 0.2) is 36.4 Å².